The monoisotopic (exact) mass is 259 g/mol. The van der Waals surface area contributed by atoms with Gasteiger partial charge in [0.2, 0.25) is 0 Å². The van der Waals surface area contributed by atoms with Gasteiger partial charge in [0, 0.05) is 23.8 Å². The molecule has 1 aromatic carbocycles. The topological polar surface area (TPSA) is 38.3 Å². The van der Waals surface area contributed by atoms with Crippen LogP contribution in [0.25, 0.3) is 0 Å². The molecule has 0 saturated carbocycles. The summed E-state index contributed by atoms with van der Waals surface area (Å²) >= 11 is 0. The summed E-state index contributed by atoms with van der Waals surface area (Å²) in [4.78, 5) is 0.518. The first kappa shape index (κ1) is 14.3. The first-order valence-corrected chi connectivity index (χ1v) is 6.85. The van der Waals surface area contributed by atoms with Crippen molar-refractivity contribution >= 4 is 10.8 Å². The van der Waals surface area contributed by atoms with E-state index in [4.69, 9.17) is 4.74 Å². The average Bonchev–Trinajstić information content (AvgIpc) is 2.29. The van der Waals surface area contributed by atoms with Crippen molar-refractivity contribution in [3.63, 3.8) is 0 Å². The molecule has 0 aliphatic heterocycles. The van der Waals surface area contributed by atoms with Crippen LogP contribution in [0.2, 0.25) is 0 Å². The number of hydrogen-bond acceptors (Lipinski definition) is 3. The number of hydrogen-bond donors (Lipinski definition) is 1. The van der Waals surface area contributed by atoms with Gasteiger partial charge in [-0.05, 0) is 24.7 Å². The van der Waals surface area contributed by atoms with Crippen LogP contribution < -0.4 is 5.32 Å². The molecule has 3 nitrogen and oxygen atoms in total. The van der Waals surface area contributed by atoms with E-state index in [-0.39, 0.29) is 11.9 Å². The maximum Gasteiger partial charge on any atom is 0.124 e. The minimum absolute atomic E-state index is 0.0223. The van der Waals surface area contributed by atoms with E-state index in [0.717, 1.165) is 6.54 Å². The zero-order chi connectivity index (χ0) is 12.7. The minimum Gasteiger partial charge on any atom is -0.383 e. The Morgan fingerprint density at radius 3 is 2.88 bits per heavy atom. The molecule has 1 N–H and O–H groups in total. The lowest BCUT2D eigenvalue weighted by Crippen LogP contribution is -2.37. The third kappa shape index (κ3) is 4.93. The van der Waals surface area contributed by atoms with Crippen LogP contribution in [0.15, 0.2) is 29.2 Å². The number of methoxy groups -OCH3 is 1. The second-order valence-electron chi connectivity index (χ2n) is 3.68. The molecule has 1 aromatic rings. The van der Waals surface area contributed by atoms with Gasteiger partial charge in [-0.1, -0.05) is 13.0 Å². The van der Waals surface area contributed by atoms with Crippen molar-refractivity contribution < 1.29 is 13.3 Å². The Bertz CT molecular complexity index is 367. The molecule has 0 aromatic heterocycles. The largest absolute Gasteiger partial charge is 0.383 e. The minimum atomic E-state index is -1.21. The van der Waals surface area contributed by atoms with Crippen LogP contribution in [0.3, 0.4) is 0 Å². The average molecular weight is 259 g/mol. The number of benzene rings is 1. The van der Waals surface area contributed by atoms with E-state index in [1.165, 1.54) is 12.1 Å². The molecule has 2 atom stereocenters. The van der Waals surface area contributed by atoms with Crippen LogP contribution in [-0.4, -0.2) is 36.3 Å². The Labute approximate surface area is 104 Å². The number of rotatable bonds is 7. The maximum absolute atomic E-state index is 13.0. The van der Waals surface area contributed by atoms with Gasteiger partial charge in [-0.15, -0.1) is 0 Å². The third-order valence-electron chi connectivity index (χ3n) is 2.27. The van der Waals surface area contributed by atoms with Crippen LogP contribution >= 0.6 is 0 Å². The first-order chi connectivity index (χ1) is 8.17. The molecule has 0 aliphatic carbocycles. The molecule has 0 aliphatic rings. The molecular formula is C12H18FNO2S. The molecule has 0 heterocycles. The first-order valence-electron chi connectivity index (χ1n) is 5.53. The van der Waals surface area contributed by atoms with Crippen LogP contribution in [0.5, 0.6) is 0 Å². The van der Waals surface area contributed by atoms with Crippen LogP contribution in [-0.2, 0) is 15.5 Å². The van der Waals surface area contributed by atoms with Crippen LogP contribution in [0, 0.1) is 5.82 Å². The van der Waals surface area contributed by atoms with Gasteiger partial charge in [0.25, 0.3) is 0 Å². The van der Waals surface area contributed by atoms with Crippen molar-refractivity contribution in [1.82, 2.24) is 5.32 Å². The molecule has 0 saturated heterocycles. The van der Waals surface area contributed by atoms with Crippen molar-refractivity contribution in [1.29, 1.82) is 0 Å². The van der Waals surface area contributed by atoms with E-state index in [0.29, 0.717) is 17.3 Å². The van der Waals surface area contributed by atoms with Crippen LogP contribution in [0.4, 0.5) is 4.39 Å². The van der Waals surface area contributed by atoms with Gasteiger partial charge < -0.3 is 10.1 Å². The molecule has 1 rings (SSSR count). The molecular weight excluding hydrogens is 241 g/mol. The Kier molecular flexibility index (Phi) is 6.32. The van der Waals surface area contributed by atoms with Crippen molar-refractivity contribution in [3.05, 3.63) is 30.1 Å². The fraction of sp³-hybridized carbons (Fsp3) is 0.500. The van der Waals surface area contributed by atoms with Crippen LogP contribution in [0.1, 0.15) is 6.92 Å². The Morgan fingerprint density at radius 1 is 1.53 bits per heavy atom. The zero-order valence-electron chi connectivity index (χ0n) is 10.1. The van der Waals surface area contributed by atoms with Gasteiger partial charge in [-0.2, -0.15) is 0 Å². The lowest BCUT2D eigenvalue weighted by Gasteiger charge is -2.16. The van der Waals surface area contributed by atoms with Gasteiger partial charge >= 0.3 is 0 Å². The van der Waals surface area contributed by atoms with E-state index < -0.39 is 10.8 Å². The molecule has 0 bridgehead atoms. The van der Waals surface area contributed by atoms with Gasteiger partial charge in [-0.3, -0.25) is 4.21 Å². The van der Waals surface area contributed by atoms with Crippen molar-refractivity contribution in [2.24, 2.45) is 0 Å². The molecule has 0 amide bonds. The fourth-order valence-corrected chi connectivity index (χ4v) is 2.79. The number of halogens is 1. The number of nitrogens with one attached hydrogen (secondary N) is 1. The fourth-order valence-electron chi connectivity index (χ4n) is 1.54. The SMILES string of the molecule is CCNC(COC)CS(=O)c1cccc(F)c1. The van der Waals surface area contributed by atoms with Crippen molar-refractivity contribution in [3.8, 4) is 0 Å². The van der Waals surface area contributed by atoms with E-state index in [9.17, 15) is 8.60 Å². The standard InChI is InChI=1S/C12H18FNO2S/c1-3-14-11(8-16-2)9-17(15)12-6-4-5-10(13)7-12/h4-7,11,14H,3,8-9H2,1-2H3. The number of ether oxygens (including phenoxy) is 1. The summed E-state index contributed by atoms with van der Waals surface area (Å²) in [6, 6.07) is 5.92. The Balaban J connectivity index is 2.63. The highest BCUT2D eigenvalue weighted by Gasteiger charge is 2.13. The van der Waals surface area contributed by atoms with Gasteiger partial charge in [-0.25, -0.2) is 4.39 Å². The summed E-state index contributed by atoms with van der Waals surface area (Å²) in [6.45, 7) is 3.26. The van der Waals surface area contributed by atoms with Crippen molar-refractivity contribution in [2.75, 3.05) is 26.0 Å². The maximum atomic E-state index is 13.0. The van der Waals surface area contributed by atoms with E-state index in [2.05, 4.69) is 5.32 Å². The Morgan fingerprint density at radius 2 is 2.29 bits per heavy atom. The van der Waals surface area contributed by atoms with Gasteiger partial charge in [0.05, 0.1) is 17.4 Å². The summed E-state index contributed by atoms with van der Waals surface area (Å²) in [5.41, 5.74) is 0. The molecule has 96 valence electrons. The van der Waals surface area contributed by atoms with E-state index in [1.807, 2.05) is 6.92 Å². The predicted octanol–water partition coefficient (Wildman–Crippen LogP) is 1.56. The summed E-state index contributed by atoms with van der Waals surface area (Å²) in [6.07, 6.45) is 0. The molecule has 0 fully saturated rings. The highest BCUT2D eigenvalue weighted by atomic mass is 32.2. The normalized spacial score (nSPS) is 14.5. The summed E-state index contributed by atoms with van der Waals surface area (Å²) in [5.74, 6) is 0.0630. The van der Waals surface area contributed by atoms with Gasteiger partial charge in [0.15, 0.2) is 0 Å². The second-order valence-corrected chi connectivity index (χ2v) is 5.18. The van der Waals surface area contributed by atoms with E-state index >= 15 is 0 Å². The lowest BCUT2D eigenvalue weighted by molar-refractivity contribution is 0.174. The predicted molar refractivity (Wildman–Crippen MR) is 67.0 cm³/mol. The second kappa shape index (κ2) is 7.53. The quantitative estimate of drug-likeness (QED) is 0.807. The summed E-state index contributed by atoms with van der Waals surface area (Å²) in [5, 5.41) is 3.19. The Hall–Kier alpha value is -0.780. The van der Waals surface area contributed by atoms with Crippen molar-refractivity contribution in [2.45, 2.75) is 17.9 Å². The molecule has 0 spiro atoms. The highest BCUT2D eigenvalue weighted by Crippen LogP contribution is 2.09. The number of likely N-dealkylation sites (N-methyl/N-ethyl adjacent to an activating group) is 1. The highest BCUT2D eigenvalue weighted by molar-refractivity contribution is 7.85. The molecule has 2 unspecified atom stereocenters. The molecule has 17 heavy (non-hydrogen) atoms. The van der Waals surface area contributed by atoms with Gasteiger partial charge in [0.1, 0.15) is 5.82 Å². The zero-order valence-corrected chi connectivity index (χ0v) is 10.9. The molecule has 0 radical (unpaired) electrons. The van der Waals surface area contributed by atoms with E-state index in [1.54, 1.807) is 19.2 Å². The smallest absolute Gasteiger partial charge is 0.124 e. The lowest BCUT2D eigenvalue weighted by atomic mass is 10.3. The summed E-state index contributed by atoms with van der Waals surface area (Å²) < 4.78 is 30.0. The molecule has 5 heteroatoms. The summed E-state index contributed by atoms with van der Waals surface area (Å²) in [7, 11) is 0.397. The third-order valence-corrected chi connectivity index (χ3v) is 3.76.